The summed E-state index contributed by atoms with van der Waals surface area (Å²) in [7, 11) is 0. The molecule has 4 heteroatoms. The minimum absolute atomic E-state index is 0.343. The molecule has 0 aliphatic heterocycles. The van der Waals surface area contributed by atoms with E-state index in [9.17, 15) is 4.39 Å². The van der Waals surface area contributed by atoms with E-state index >= 15 is 0 Å². The number of hydrogen-bond donors (Lipinski definition) is 0. The van der Waals surface area contributed by atoms with Gasteiger partial charge >= 0.3 is 0 Å². The zero-order valence-electron chi connectivity index (χ0n) is 9.70. The first kappa shape index (κ1) is 12.6. The van der Waals surface area contributed by atoms with E-state index in [0.717, 1.165) is 15.4 Å². The van der Waals surface area contributed by atoms with Gasteiger partial charge in [-0.3, -0.25) is 4.98 Å². The predicted molar refractivity (Wildman–Crippen MR) is 79.8 cm³/mol. The molecule has 0 saturated heterocycles. The summed E-state index contributed by atoms with van der Waals surface area (Å²) in [4.78, 5) is 4.37. The number of hydrogen-bond acceptors (Lipinski definition) is 1. The molecule has 1 heterocycles. The number of halogens is 3. The van der Waals surface area contributed by atoms with Gasteiger partial charge in [0.05, 0.1) is 10.5 Å². The maximum atomic E-state index is 14.0. The summed E-state index contributed by atoms with van der Waals surface area (Å²) in [5.74, 6) is -0.343. The summed E-state index contributed by atoms with van der Waals surface area (Å²) < 4.78 is 14.9. The molecular weight excluding hydrogens is 329 g/mol. The van der Waals surface area contributed by atoms with Crippen molar-refractivity contribution in [3.05, 3.63) is 64.0 Å². The quantitative estimate of drug-likeness (QED) is 0.575. The Labute approximate surface area is 123 Å². The summed E-state index contributed by atoms with van der Waals surface area (Å²) in [6, 6.07) is 12.3. The largest absolute Gasteiger partial charge is 0.254 e. The van der Waals surface area contributed by atoms with Crippen LogP contribution in [-0.2, 0) is 0 Å². The number of para-hydroxylation sites is 1. The lowest BCUT2D eigenvalue weighted by molar-refractivity contribution is 0.631. The van der Waals surface area contributed by atoms with Gasteiger partial charge in [0.25, 0.3) is 0 Å². The van der Waals surface area contributed by atoms with Crippen molar-refractivity contribution in [1.82, 2.24) is 4.98 Å². The smallest absolute Gasteiger partial charge is 0.132 e. The first-order valence-corrected chi connectivity index (χ1v) is 6.82. The number of pyridine rings is 1. The minimum Gasteiger partial charge on any atom is -0.254 e. The molecule has 2 aromatic carbocycles. The summed E-state index contributed by atoms with van der Waals surface area (Å²) in [6.45, 7) is 0. The van der Waals surface area contributed by atoms with Crippen LogP contribution in [0.15, 0.2) is 53.1 Å². The Morgan fingerprint density at radius 2 is 1.89 bits per heavy atom. The van der Waals surface area contributed by atoms with Crippen LogP contribution in [-0.4, -0.2) is 4.98 Å². The van der Waals surface area contributed by atoms with E-state index in [1.54, 1.807) is 18.3 Å². The summed E-state index contributed by atoms with van der Waals surface area (Å²) >= 11 is 9.50. The number of aromatic nitrogens is 1. The van der Waals surface area contributed by atoms with E-state index in [-0.39, 0.29) is 5.82 Å². The van der Waals surface area contributed by atoms with Crippen molar-refractivity contribution in [2.24, 2.45) is 0 Å². The highest BCUT2D eigenvalue weighted by Crippen LogP contribution is 2.34. The number of fused-ring (bicyclic) bond motifs is 1. The van der Waals surface area contributed by atoms with Gasteiger partial charge in [0.15, 0.2) is 0 Å². The Balaban J connectivity index is 2.37. The van der Waals surface area contributed by atoms with E-state index in [4.69, 9.17) is 11.6 Å². The van der Waals surface area contributed by atoms with Crippen molar-refractivity contribution in [2.75, 3.05) is 0 Å². The molecule has 0 saturated carbocycles. The maximum Gasteiger partial charge on any atom is 0.132 e. The standard InChI is InChI=1S/C15H8BrClFN/c16-10-7-9-3-1-4-11(15(9)19-8-10)14-12(17)5-2-6-13(14)18/h1-8H. The summed E-state index contributed by atoms with van der Waals surface area (Å²) in [6.07, 6.45) is 1.70. The lowest BCUT2D eigenvalue weighted by atomic mass is 10.0. The molecule has 3 rings (SSSR count). The molecular formula is C15H8BrClFN. The molecule has 3 aromatic rings. The Morgan fingerprint density at radius 1 is 1.11 bits per heavy atom. The fraction of sp³-hybridized carbons (Fsp3) is 0. The fourth-order valence-electron chi connectivity index (χ4n) is 2.09. The van der Waals surface area contributed by atoms with Gasteiger partial charge in [-0.25, -0.2) is 4.39 Å². The number of rotatable bonds is 1. The van der Waals surface area contributed by atoms with Crippen molar-refractivity contribution < 1.29 is 4.39 Å². The lowest BCUT2D eigenvalue weighted by Gasteiger charge is -2.09. The van der Waals surface area contributed by atoms with Crippen LogP contribution in [0.1, 0.15) is 0 Å². The van der Waals surface area contributed by atoms with Crippen LogP contribution < -0.4 is 0 Å². The second-order valence-electron chi connectivity index (χ2n) is 4.13. The minimum atomic E-state index is -0.343. The number of benzene rings is 2. The van der Waals surface area contributed by atoms with Crippen LogP contribution in [0.2, 0.25) is 5.02 Å². The average molecular weight is 337 g/mol. The van der Waals surface area contributed by atoms with Crippen LogP contribution in [0.25, 0.3) is 22.0 Å². The molecule has 0 atom stereocenters. The van der Waals surface area contributed by atoms with Gasteiger partial charge in [-0.15, -0.1) is 0 Å². The Kier molecular flexibility index (Phi) is 3.25. The molecule has 0 N–H and O–H groups in total. The molecule has 1 aromatic heterocycles. The highest BCUT2D eigenvalue weighted by atomic mass is 79.9. The Hall–Kier alpha value is -1.45. The average Bonchev–Trinajstić information content (AvgIpc) is 2.38. The van der Waals surface area contributed by atoms with E-state index in [2.05, 4.69) is 20.9 Å². The monoisotopic (exact) mass is 335 g/mol. The van der Waals surface area contributed by atoms with E-state index in [1.807, 2.05) is 24.3 Å². The second-order valence-corrected chi connectivity index (χ2v) is 5.45. The first-order chi connectivity index (χ1) is 9.16. The summed E-state index contributed by atoms with van der Waals surface area (Å²) in [5.41, 5.74) is 1.83. The first-order valence-electron chi connectivity index (χ1n) is 5.65. The van der Waals surface area contributed by atoms with E-state index in [0.29, 0.717) is 16.1 Å². The Morgan fingerprint density at radius 3 is 2.68 bits per heavy atom. The molecule has 0 fully saturated rings. The number of nitrogens with zero attached hydrogens (tertiary/aromatic N) is 1. The molecule has 0 aliphatic carbocycles. The molecule has 94 valence electrons. The molecule has 0 bridgehead atoms. The van der Waals surface area contributed by atoms with Gasteiger partial charge in [-0.2, -0.15) is 0 Å². The maximum absolute atomic E-state index is 14.0. The van der Waals surface area contributed by atoms with Crippen molar-refractivity contribution in [2.45, 2.75) is 0 Å². The van der Waals surface area contributed by atoms with Crippen LogP contribution in [0.4, 0.5) is 4.39 Å². The highest BCUT2D eigenvalue weighted by molar-refractivity contribution is 9.10. The second kappa shape index (κ2) is 4.91. The van der Waals surface area contributed by atoms with Crippen LogP contribution >= 0.6 is 27.5 Å². The van der Waals surface area contributed by atoms with Gasteiger partial charge in [-0.1, -0.05) is 35.9 Å². The van der Waals surface area contributed by atoms with Crippen molar-refractivity contribution >= 4 is 38.4 Å². The van der Waals surface area contributed by atoms with Crippen LogP contribution in [0, 0.1) is 5.82 Å². The summed E-state index contributed by atoms with van der Waals surface area (Å²) in [5, 5.41) is 1.32. The Bertz CT molecular complexity index is 753. The predicted octanol–water partition coefficient (Wildman–Crippen LogP) is 5.46. The van der Waals surface area contributed by atoms with Crippen molar-refractivity contribution in [1.29, 1.82) is 0 Å². The van der Waals surface area contributed by atoms with Crippen LogP contribution in [0.3, 0.4) is 0 Å². The van der Waals surface area contributed by atoms with Crippen LogP contribution in [0.5, 0.6) is 0 Å². The third kappa shape index (κ3) is 2.24. The molecule has 19 heavy (non-hydrogen) atoms. The van der Waals surface area contributed by atoms with Gasteiger partial charge in [0, 0.05) is 27.2 Å². The van der Waals surface area contributed by atoms with Gasteiger partial charge in [0.2, 0.25) is 0 Å². The topological polar surface area (TPSA) is 12.9 Å². The third-order valence-electron chi connectivity index (χ3n) is 2.91. The zero-order valence-corrected chi connectivity index (χ0v) is 12.0. The van der Waals surface area contributed by atoms with Gasteiger partial charge in [0.1, 0.15) is 5.82 Å². The molecule has 0 amide bonds. The molecule has 0 radical (unpaired) electrons. The SMILES string of the molecule is Fc1cccc(Cl)c1-c1cccc2cc(Br)cnc12. The highest BCUT2D eigenvalue weighted by Gasteiger charge is 2.13. The van der Waals surface area contributed by atoms with E-state index < -0.39 is 0 Å². The van der Waals surface area contributed by atoms with Gasteiger partial charge < -0.3 is 0 Å². The molecule has 0 spiro atoms. The fourth-order valence-corrected chi connectivity index (χ4v) is 2.70. The normalized spacial score (nSPS) is 10.9. The van der Waals surface area contributed by atoms with Crippen molar-refractivity contribution in [3.8, 4) is 11.1 Å². The van der Waals surface area contributed by atoms with Crippen molar-refractivity contribution in [3.63, 3.8) is 0 Å². The lowest BCUT2D eigenvalue weighted by Crippen LogP contribution is -1.89. The van der Waals surface area contributed by atoms with E-state index in [1.165, 1.54) is 6.07 Å². The van der Waals surface area contributed by atoms with Gasteiger partial charge in [-0.05, 0) is 34.1 Å². The molecule has 0 unspecified atom stereocenters. The molecule has 1 nitrogen and oxygen atoms in total. The third-order valence-corrected chi connectivity index (χ3v) is 3.66. The molecule has 0 aliphatic rings. The zero-order chi connectivity index (χ0) is 13.4.